The van der Waals surface area contributed by atoms with E-state index in [0.717, 1.165) is 15.9 Å². The van der Waals surface area contributed by atoms with E-state index in [0.29, 0.717) is 10.6 Å². The second-order valence-electron chi connectivity index (χ2n) is 6.70. The van der Waals surface area contributed by atoms with Crippen molar-refractivity contribution in [1.29, 1.82) is 0 Å². The Balaban J connectivity index is 1.95. The number of nitrogens with one attached hydrogen (secondary N) is 2. The predicted molar refractivity (Wildman–Crippen MR) is 138 cm³/mol. The molecule has 4 aromatic rings. The number of hydrogen-bond donors (Lipinski definition) is 2. The zero-order chi connectivity index (χ0) is 22.4. The number of thiazole rings is 1. The van der Waals surface area contributed by atoms with Gasteiger partial charge in [-0.3, -0.25) is 10.6 Å². The Morgan fingerprint density at radius 3 is 1.62 bits per heavy atom. The Morgan fingerprint density at radius 2 is 1.25 bits per heavy atom. The standard InChI is InChI=1S/C24H18Cl2N3OPS/c25-21(26)22(28-23(30)29-24-27-16-17-32-24)31(18-10-4-1-5-11-18,19-12-6-2-7-13-19)20-14-8-3-9-15-20/h1-17H,(H-,27,28,29,30)/p+1. The molecule has 3 aromatic carbocycles. The SMILES string of the molecule is O=C(NC(=C(Cl)Cl)[P+](c1ccccc1)(c1ccccc1)c1ccccc1)Nc1nccs1. The number of carbonyl (C=O) groups excluding carboxylic acids is 1. The van der Waals surface area contributed by atoms with Crippen molar-refractivity contribution in [3.8, 4) is 0 Å². The topological polar surface area (TPSA) is 54.0 Å². The fourth-order valence-electron chi connectivity index (χ4n) is 3.57. The second-order valence-corrected chi connectivity index (χ2v) is 11.9. The highest BCUT2D eigenvalue weighted by Crippen LogP contribution is 2.63. The summed E-state index contributed by atoms with van der Waals surface area (Å²) in [5.41, 5.74) is 0.457. The molecule has 0 bridgehead atoms. The van der Waals surface area contributed by atoms with Gasteiger partial charge in [-0.1, -0.05) is 77.8 Å². The highest BCUT2D eigenvalue weighted by atomic mass is 35.5. The highest BCUT2D eigenvalue weighted by Gasteiger charge is 2.52. The zero-order valence-electron chi connectivity index (χ0n) is 16.8. The van der Waals surface area contributed by atoms with Crippen LogP contribution in [0.3, 0.4) is 0 Å². The number of carbonyl (C=O) groups is 1. The van der Waals surface area contributed by atoms with Crippen LogP contribution in [0.15, 0.2) is 113 Å². The van der Waals surface area contributed by atoms with Gasteiger partial charge in [0.05, 0.1) is 0 Å². The summed E-state index contributed by atoms with van der Waals surface area (Å²) in [6, 6.07) is 29.6. The Bertz CT molecular complexity index is 1100. The summed E-state index contributed by atoms with van der Waals surface area (Å²) in [6.07, 6.45) is 1.63. The second kappa shape index (κ2) is 10.3. The van der Waals surface area contributed by atoms with Crippen LogP contribution in [0.4, 0.5) is 9.93 Å². The maximum absolute atomic E-state index is 13.0. The summed E-state index contributed by atoms with van der Waals surface area (Å²) < 4.78 is 0.00387. The lowest BCUT2D eigenvalue weighted by Gasteiger charge is -2.29. The molecule has 8 heteroatoms. The molecule has 0 fully saturated rings. The fraction of sp³-hybridized carbons (Fsp3) is 0. The quantitative estimate of drug-likeness (QED) is 0.327. The lowest BCUT2D eigenvalue weighted by atomic mass is 10.4. The van der Waals surface area contributed by atoms with E-state index in [1.54, 1.807) is 11.6 Å². The first-order valence-electron chi connectivity index (χ1n) is 9.71. The number of nitrogens with zero attached hydrogens (tertiary/aromatic N) is 1. The molecule has 0 aliphatic carbocycles. The van der Waals surface area contributed by atoms with E-state index >= 15 is 0 Å². The average Bonchev–Trinajstić information content (AvgIpc) is 3.34. The Kier molecular flexibility index (Phi) is 7.23. The van der Waals surface area contributed by atoms with E-state index in [1.807, 2.05) is 91.0 Å². The number of hydrogen-bond acceptors (Lipinski definition) is 3. The van der Waals surface area contributed by atoms with Crippen LogP contribution in [0.5, 0.6) is 0 Å². The van der Waals surface area contributed by atoms with Crippen molar-refractivity contribution < 1.29 is 4.79 Å². The summed E-state index contributed by atoms with van der Waals surface area (Å²) in [6.45, 7) is 0. The minimum absolute atomic E-state index is 0.00387. The molecule has 0 aliphatic rings. The lowest BCUT2D eigenvalue weighted by Crippen LogP contribution is -2.39. The lowest BCUT2D eigenvalue weighted by molar-refractivity contribution is 0.255. The Hall–Kier alpha value is -2.69. The summed E-state index contributed by atoms with van der Waals surface area (Å²) >= 11 is 14.4. The van der Waals surface area contributed by atoms with Crippen LogP contribution in [-0.4, -0.2) is 11.0 Å². The van der Waals surface area contributed by atoms with Gasteiger partial charge in [0.25, 0.3) is 0 Å². The van der Waals surface area contributed by atoms with Gasteiger partial charge >= 0.3 is 6.03 Å². The van der Waals surface area contributed by atoms with Gasteiger partial charge in [0.1, 0.15) is 15.9 Å². The highest BCUT2D eigenvalue weighted by molar-refractivity contribution is 7.99. The molecule has 0 radical (unpaired) electrons. The number of benzene rings is 3. The Morgan fingerprint density at radius 1 is 0.781 bits per heavy atom. The maximum atomic E-state index is 13.0. The molecule has 0 aliphatic heterocycles. The fourth-order valence-corrected chi connectivity index (χ4v) is 9.00. The third-order valence-electron chi connectivity index (χ3n) is 4.83. The molecule has 0 saturated heterocycles. The van der Waals surface area contributed by atoms with Crippen molar-refractivity contribution >= 4 is 68.9 Å². The minimum Gasteiger partial charge on any atom is -0.283 e. The van der Waals surface area contributed by atoms with Gasteiger partial charge in [-0.25, -0.2) is 9.78 Å². The molecule has 0 unspecified atom stereocenters. The molecule has 2 amide bonds. The van der Waals surface area contributed by atoms with Gasteiger partial charge in [-0.15, -0.1) is 11.3 Å². The van der Waals surface area contributed by atoms with E-state index in [-0.39, 0.29) is 4.49 Å². The van der Waals surface area contributed by atoms with Gasteiger partial charge in [-0.2, -0.15) is 0 Å². The molecule has 1 aromatic heterocycles. The number of anilines is 1. The molecule has 32 heavy (non-hydrogen) atoms. The molecule has 160 valence electrons. The summed E-state index contributed by atoms with van der Waals surface area (Å²) in [5.74, 6) is 0. The third-order valence-corrected chi connectivity index (χ3v) is 10.4. The van der Waals surface area contributed by atoms with Gasteiger partial charge in [0.2, 0.25) is 5.44 Å². The van der Waals surface area contributed by atoms with E-state index in [4.69, 9.17) is 23.2 Å². The monoisotopic (exact) mass is 498 g/mol. The molecule has 4 nitrogen and oxygen atoms in total. The van der Waals surface area contributed by atoms with Crippen molar-refractivity contribution in [2.24, 2.45) is 0 Å². The van der Waals surface area contributed by atoms with E-state index in [2.05, 4.69) is 15.6 Å². The molecule has 0 spiro atoms. The summed E-state index contributed by atoms with van der Waals surface area (Å²) in [7, 11) is -2.64. The first kappa shape index (κ1) is 22.5. The molecule has 0 saturated carbocycles. The van der Waals surface area contributed by atoms with Crippen LogP contribution in [0.2, 0.25) is 0 Å². The van der Waals surface area contributed by atoms with Crippen molar-refractivity contribution in [1.82, 2.24) is 10.3 Å². The van der Waals surface area contributed by atoms with Crippen molar-refractivity contribution in [3.63, 3.8) is 0 Å². The molecule has 2 N–H and O–H groups in total. The first-order valence-corrected chi connectivity index (χ1v) is 13.1. The smallest absolute Gasteiger partial charge is 0.283 e. The number of rotatable bonds is 6. The van der Waals surface area contributed by atoms with Crippen molar-refractivity contribution in [2.75, 3.05) is 5.32 Å². The van der Waals surface area contributed by atoms with Gasteiger partial charge in [0.15, 0.2) is 16.9 Å². The van der Waals surface area contributed by atoms with Crippen LogP contribution in [0.25, 0.3) is 0 Å². The summed E-state index contributed by atoms with van der Waals surface area (Å²) in [4.78, 5) is 17.1. The van der Waals surface area contributed by atoms with Crippen molar-refractivity contribution in [3.05, 3.63) is 113 Å². The first-order chi connectivity index (χ1) is 15.6. The van der Waals surface area contributed by atoms with Crippen LogP contribution < -0.4 is 26.5 Å². The molecule has 4 rings (SSSR count). The van der Waals surface area contributed by atoms with Crippen LogP contribution in [0, 0.1) is 0 Å². The van der Waals surface area contributed by atoms with E-state index in [9.17, 15) is 4.79 Å². The third kappa shape index (κ3) is 4.57. The van der Waals surface area contributed by atoms with E-state index in [1.165, 1.54) is 11.3 Å². The zero-order valence-corrected chi connectivity index (χ0v) is 20.0. The van der Waals surface area contributed by atoms with Crippen LogP contribution >= 0.6 is 41.8 Å². The number of halogens is 2. The minimum atomic E-state index is -2.64. The largest absolute Gasteiger partial charge is 0.328 e. The van der Waals surface area contributed by atoms with Crippen LogP contribution in [-0.2, 0) is 0 Å². The maximum Gasteiger partial charge on any atom is 0.328 e. The number of urea groups is 1. The molecular weight excluding hydrogens is 480 g/mol. The van der Waals surface area contributed by atoms with Gasteiger partial charge in [0, 0.05) is 11.6 Å². The summed E-state index contributed by atoms with van der Waals surface area (Å²) in [5, 5.41) is 11.0. The predicted octanol–water partition coefficient (Wildman–Crippen LogP) is 5.86. The van der Waals surface area contributed by atoms with Gasteiger partial charge < -0.3 is 0 Å². The molecule has 1 heterocycles. The molecule has 0 atom stereocenters. The number of aromatic nitrogens is 1. The number of amides is 2. The van der Waals surface area contributed by atoms with Crippen molar-refractivity contribution in [2.45, 2.75) is 0 Å². The van der Waals surface area contributed by atoms with Gasteiger partial charge in [-0.05, 0) is 36.4 Å². The van der Waals surface area contributed by atoms with E-state index < -0.39 is 13.3 Å². The Labute approximate surface area is 201 Å². The molecular formula is C24H19Cl2N3OPS+. The van der Waals surface area contributed by atoms with Crippen LogP contribution in [0.1, 0.15) is 0 Å². The average molecular weight is 499 g/mol. The normalized spacial score (nSPS) is 10.9.